The molecule has 1 aromatic carbocycles. The van der Waals surface area contributed by atoms with Crippen LogP contribution in [0.3, 0.4) is 0 Å². The third kappa shape index (κ3) is 3.72. The third-order valence-electron chi connectivity index (χ3n) is 3.42. The summed E-state index contributed by atoms with van der Waals surface area (Å²) in [5.74, 6) is 0.134. The smallest absolute Gasteiger partial charge is 0.223 e. The normalized spacial score (nSPS) is 23.7. The summed E-state index contributed by atoms with van der Waals surface area (Å²) in [5.41, 5.74) is 1.01. The van der Waals surface area contributed by atoms with E-state index in [0.29, 0.717) is 11.6 Å². The average molecular weight is 268 g/mol. The minimum absolute atomic E-state index is 0.0487. The molecule has 0 spiro atoms. The minimum Gasteiger partial charge on any atom is -0.393 e. The number of halogens is 1. The van der Waals surface area contributed by atoms with E-state index in [-0.39, 0.29) is 17.9 Å². The highest BCUT2D eigenvalue weighted by Gasteiger charge is 2.24. The van der Waals surface area contributed by atoms with Gasteiger partial charge in [-0.3, -0.25) is 4.79 Å². The van der Waals surface area contributed by atoms with E-state index in [0.717, 1.165) is 31.2 Å². The molecular formula is C14H18ClNO2. The summed E-state index contributed by atoms with van der Waals surface area (Å²) in [6.45, 7) is 0.512. The molecule has 1 saturated carbocycles. The summed E-state index contributed by atoms with van der Waals surface area (Å²) >= 11 is 5.88. The van der Waals surface area contributed by atoms with E-state index in [9.17, 15) is 9.90 Å². The van der Waals surface area contributed by atoms with Crippen LogP contribution < -0.4 is 5.32 Å². The zero-order chi connectivity index (χ0) is 13.0. The molecule has 1 amide bonds. The van der Waals surface area contributed by atoms with E-state index in [1.165, 1.54) is 0 Å². The van der Waals surface area contributed by atoms with Crippen molar-refractivity contribution in [3.8, 4) is 0 Å². The molecule has 1 fully saturated rings. The first kappa shape index (κ1) is 13.4. The molecule has 0 aliphatic heterocycles. The van der Waals surface area contributed by atoms with Crippen molar-refractivity contribution >= 4 is 17.5 Å². The van der Waals surface area contributed by atoms with Gasteiger partial charge < -0.3 is 10.4 Å². The Bertz CT molecular complexity index is 414. The van der Waals surface area contributed by atoms with Gasteiger partial charge in [-0.2, -0.15) is 0 Å². The predicted octanol–water partition coefficient (Wildman–Crippen LogP) is 2.51. The lowest BCUT2D eigenvalue weighted by atomic mass is 9.87. The number of aliphatic hydroxyl groups excluding tert-OH is 1. The lowest BCUT2D eigenvalue weighted by Crippen LogP contribution is -2.33. The van der Waals surface area contributed by atoms with E-state index in [1.807, 2.05) is 24.3 Å². The van der Waals surface area contributed by atoms with E-state index >= 15 is 0 Å². The van der Waals surface area contributed by atoms with Crippen molar-refractivity contribution in [2.24, 2.45) is 5.92 Å². The van der Waals surface area contributed by atoms with Crippen molar-refractivity contribution in [2.75, 3.05) is 0 Å². The van der Waals surface area contributed by atoms with Gasteiger partial charge in [0.1, 0.15) is 0 Å². The van der Waals surface area contributed by atoms with Crippen molar-refractivity contribution in [1.29, 1.82) is 0 Å². The summed E-state index contributed by atoms with van der Waals surface area (Å²) in [4.78, 5) is 11.9. The van der Waals surface area contributed by atoms with E-state index in [2.05, 4.69) is 5.32 Å². The zero-order valence-corrected chi connectivity index (χ0v) is 11.0. The van der Waals surface area contributed by atoms with Gasteiger partial charge in [0.25, 0.3) is 0 Å². The van der Waals surface area contributed by atoms with Crippen LogP contribution in [-0.4, -0.2) is 17.1 Å². The van der Waals surface area contributed by atoms with Gasteiger partial charge in [0.15, 0.2) is 0 Å². The molecule has 2 rings (SSSR count). The highest BCUT2D eigenvalue weighted by atomic mass is 35.5. The molecule has 4 heteroatoms. The topological polar surface area (TPSA) is 49.3 Å². The summed E-state index contributed by atoms with van der Waals surface area (Å²) in [5, 5.41) is 13.0. The van der Waals surface area contributed by atoms with Gasteiger partial charge in [-0.05, 0) is 43.4 Å². The lowest BCUT2D eigenvalue weighted by Gasteiger charge is -2.24. The maximum Gasteiger partial charge on any atom is 0.223 e. The average Bonchev–Trinajstić information content (AvgIpc) is 2.37. The second-order valence-corrected chi connectivity index (χ2v) is 5.29. The van der Waals surface area contributed by atoms with Gasteiger partial charge in [0.2, 0.25) is 5.91 Å². The fraction of sp³-hybridized carbons (Fsp3) is 0.500. The molecule has 1 aliphatic rings. The molecule has 18 heavy (non-hydrogen) atoms. The quantitative estimate of drug-likeness (QED) is 0.884. The molecule has 3 nitrogen and oxygen atoms in total. The fourth-order valence-electron chi connectivity index (χ4n) is 2.32. The number of aliphatic hydroxyl groups is 1. The standard InChI is InChI=1S/C14H18ClNO2/c15-12-3-1-2-10(8-12)9-16-14(18)11-4-6-13(17)7-5-11/h1-3,8,11,13,17H,4-7,9H2,(H,16,18). The Morgan fingerprint density at radius 2 is 2.06 bits per heavy atom. The van der Waals surface area contributed by atoms with Crippen LogP contribution in [0, 0.1) is 5.92 Å². The second-order valence-electron chi connectivity index (χ2n) is 4.85. The van der Waals surface area contributed by atoms with Gasteiger partial charge in [0.05, 0.1) is 6.10 Å². The second kappa shape index (κ2) is 6.21. The summed E-state index contributed by atoms with van der Waals surface area (Å²) in [6, 6.07) is 7.49. The van der Waals surface area contributed by atoms with Crippen molar-refractivity contribution in [1.82, 2.24) is 5.32 Å². The SMILES string of the molecule is O=C(NCc1cccc(Cl)c1)C1CCC(O)CC1. The first-order valence-electron chi connectivity index (χ1n) is 6.35. The van der Waals surface area contributed by atoms with Gasteiger partial charge >= 0.3 is 0 Å². The number of benzene rings is 1. The molecule has 0 heterocycles. The largest absolute Gasteiger partial charge is 0.393 e. The molecule has 1 aliphatic carbocycles. The molecule has 2 N–H and O–H groups in total. The van der Waals surface area contributed by atoms with Crippen LogP contribution in [0.25, 0.3) is 0 Å². The van der Waals surface area contributed by atoms with Crippen LogP contribution in [0.2, 0.25) is 5.02 Å². The van der Waals surface area contributed by atoms with Crippen LogP contribution in [0.4, 0.5) is 0 Å². The molecule has 0 radical (unpaired) electrons. The maximum atomic E-state index is 11.9. The fourth-order valence-corrected chi connectivity index (χ4v) is 2.53. The van der Waals surface area contributed by atoms with Crippen LogP contribution in [-0.2, 0) is 11.3 Å². The van der Waals surface area contributed by atoms with Crippen LogP contribution in [0.1, 0.15) is 31.2 Å². The first-order valence-corrected chi connectivity index (χ1v) is 6.73. The minimum atomic E-state index is -0.220. The van der Waals surface area contributed by atoms with E-state index < -0.39 is 0 Å². The van der Waals surface area contributed by atoms with Crippen molar-refractivity contribution in [2.45, 2.75) is 38.3 Å². The first-order chi connectivity index (χ1) is 8.65. The van der Waals surface area contributed by atoms with Gasteiger partial charge in [0, 0.05) is 17.5 Å². The highest BCUT2D eigenvalue weighted by Crippen LogP contribution is 2.24. The Labute approximate surface area is 112 Å². The monoisotopic (exact) mass is 267 g/mol. The summed E-state index contributed by atoms with van der Waals surface area (Å²) < 4.78 is 0. The number of hydrogen-bond acceptors (Lipinski definition) is 2. The summed E-state index contributed by atoms with van der Waals surface area (Å²) in [6.07, 6.45) is 2.80. The maximum absolute atomic E-state index is 11.9. The molecule has 0 bridgehead atoms. The van der Waals surface area contributed by atoms with Crippen LogP contribution in [0.15, 0.2) is 24.3 Å². The Morgan fingerprint density at radius 3 is 2.72 bits per heavy atom. The Balaban J connectivity index is 1.81. The lowest BCUT2D eigenvalue weighted by molar-refractivity contribution is -0.126. The van der Waals surface area contributed by atoms with Gasteiger partial charge in [-0.15, -0.1) is 0 Å². The van der Waals surface area contributed by atoms with Crippen LogP contribution >= 0.6 is 11.6 Å². The summed E-state index contributed by atoms with van der Waals surface area (Å²) in [7, 11) is 0. The molecule has 0 atom stereocenters. The van der Waals surface area contributed by atoms with Crippen molar-refractivity contribution in [3.63, 3.8) is 0 Å². The van der Waals surface area contributed by atoms with E-state index in [1.54, 1.807) is 0 Å². The molecule has 0 aromatic heterocycles. The Hall–Kier alpha value is -1.06. The Kier molecular flexibility index (Phi) is 4.61. The Morgan fingerprint density at radius 1 is 1.33 bits per heavy atom. The van der Waals surface area contributed by atoms with E-state index in [4.69, 9.17) is 11.6 Å². The molecule has 0 saturated heterocycles. The molecular weight excluding hydrogens is 250 g/mol. The number of carbonyl (C=O) groups is 1. The van der Waals surface area contributed by atoms with Crippen molar-refractivity contribution < 1.29 is 9.90 Å². The molecule has 1 aromatic rings. The third-order valence-corrected chi connectivity index (χ3v) is 3.66. The number of rotatable bonds is 3. The number of carbonyl (C=O) groups excluding carboxylic acids is 1. The highest BCUT2D eigenvalue weighted by molar-refractivity contribution is 6.30. The van der Waals surface area contributed by atoms with Crippen molar-refractivity contribution in [3.05, 3.63) is 34.9 Å². The number of hydrogen-bond donors (Lipinski definition) is 2. The zero-order valence-electron chi connectivity index (χ0n) is 10.2. The predicted molar refractivity (Wildman–Crippen MR) is 71.3 cm³/mol. The van der Waals surface area contributed by atoms with Crippen LogP contribution in [0.5, 0.6) is 0 Å². The van der Waals surface area contributed by atoms with Gasteiger partial charge in [-0.25, -0.2) is 0 Å². The number of amides is 1. The molecule has 0 unspecified atom stereocenters. The molecule has 98 valence electrons. The van der Waals surface area contributed by atoms with Gasteiger partial charge in [-0.1, -0.05) is 23.7 Å². The number of nitrogens with one attached hydrogen (secondary N) is 1.